The highest BCUT2D eigenvalue weighted by Crippen LogP contribution is 2.27. The summed E-state index contributed by atoms with van der Waals surface area (Å²) < 4.78 is 0. The largest absolute Gasteiger partial charge is 0.309 e. The smallest absolute Gasteiger partial charge is 0.127 e. The molecule has 0 aromatic rings. The summed E-state index contributed by atoms with van der Waals surface area (Å²) in [7, 11) is 4.13. The summed E-state index contributed by atoms with van der Waals surface area (Å²) in [6.07, 6.45) is 8.22. The SMILES string of the molecule is CC1=CC=CC(C=O)C1CCN(C)C. The van der Waals surface area contributed by atoms with E-state index in [1.165, 1.54) is 5.57 Å². The van der Waals surface area contributed by atoms with Crippen molar-refractivity contribution in [3.05, 3.63) is 23.8 Å². The maximum absolute atomic E-state index is 10.9. The van der Waals surface area contributed by atoms with E-state index >= 15 is 0 Å². The Hall–Kier alpha value is -0.890. The number of hydrogen-bond donors (Lipinski definition) is 0. The minimum atomic E-state index is 0.0833. The molecule has 2 unspecified atom stereocenters. The first-order valence-corrected chi connectivity index (χ1v) is 5.10. The zero-order valence-electron chi connectivity index (χ0n) is 9.23. The van der Waals surface area contributed by atoms with Crippen LogP contribution in [0, 0.1) is 11.8 Å². The van der Waals surface area contributed by atoms with Crippen LogP contribution in [0.4, 0.5) is 0 Å². The van der Waals surface area contributed by atoms with Crippen molar-refractivity contribution in [3.8, 4) is 0 Å². The van der Waals surface area contributed by atoms with E-state index in [1.807, 2.05) is 12.2 Å². The van der Waals surface area contributed by atoms with Crippen molar-refractivity contribution < 1.29 is 4.79 Å². The van der Waals surface area contributed by atoms with Gasteiger partial charge in [0, 0.05) is 5.92 Å². The third-order valence-electron chi connectivity index (χ3n) is 2.79. The van der Waals surface area contributed by atoms with Crippen molar-refractivity contribution in [2.24, 2.45) is 11.8 Å². The van der Waals surface area contributed by atoms with E-state index in [0.29, 0.717) is 5.92 Å². The third kappa shape index (κ3) is 2.81. The molecular formula is C12H19NO. The fourth-order valence-corrected chi connectivity index (χ4v) is 1.85. The molecule has 0 aromatic heterocycles. The van der Waals surface area contributed by atoms with E-state index in [0.717, 1.165) is 19.3 Å². The van der Waals surface area contributed by atoms with Crippen molar-refractivity contribution in [2.45, 2.75) is 13.3 Å². The Labute approximate surface area is 86.3 Å². The van der Waals surface area contributed by atoms with Gasteiger partial charge in [-0.25, -0.2) is 0 Å². The predicted octanol–water partition coefficient (Wildman–Crippen LogP) is 1.89. The molecule has 0 bridgehead atoms. The maximum Gasteiger partial charge on any atom is 0.127 e. The standard InChI is InChI=1S/C12H19NO/c1-10-5-4-6-11(9-14)12(10)7-8-13(2)3/h4-6,9,11-12H,7-8H2,1-3H3. The summed E-state index contributed by atoms with van der Waals surface area (Å²) in [6, 6.07) is 0. The molecule has 1 rings (SSSR count). The van der Waals surface area contributed by atoms with Crippen LogP contribution < -0.4 is 0 Å². The van der Waals surface area contributed by atoms with Gasteiger partial charge in [-0.3, -0.25) is 0 Å². The van der Waals surface area contributed by atoms with Crippen molar-refractivity contribution in [1.29, 1.82) is 0 Å². The van der Waals surface area contributed by atoms with Gasteiger partial charge in [0.2, 0.25) is 0 Å². The van der Waals surface area contributed by atoms with Crippen LogP contribution in [0.3, 0.4) is 0 Å². The number of carbonyl (C=O) groups is 1. The van der Waals surface area contributed by atoms with E-state index in [-0.39, 0.29) is 5.92 Å². The number of rotatable bonds is 4. The lowest BCUT2D eigenvalue weighted by molar-refractivity contribution is -0.110. The lowest BCUT2D eigenvalue weighted by Gasteiger charge is -2.25. The first-order chi connectivity index (χ1) is 6.65. The van der Waals surface area contributed by atoms with Crippen LogP contribution in [-0.4, -0.2) is 31.8 Å². The molecular weight excluding hydrogens is 174 g/mol. The molecule has 1 aliphatic carbocycles. The fourth-order valence-electron chi connectivity index (χ4n) is 1.85. The van der Waals surface area contributed by atoms with E-state index in [9.17, 15) is 4.79 Å². The quantitative estimate of drug-likeness (QED) is 0.635. The summed E-state index contributed by atoms with van der Waals surface area (Å²) in [5.74, 6) is 0.486. The molecule has 0 radical (unpaired) electrons. The van der Waals surface area contributed by atoms with Crippen molar-refractivity contribution >= 4 is 6.29 Å². The molecule has 0 amide bonds. The summed E-state index contributed by atoms with van der Waals surface area (Å²) >= 11 is 0. The Balaban J connectivity index is 2.59. The van der Waals surface area contributed by atoms with Gasteiger partial charge in [0.25, 0.3) is 0 Å². The summed E-state index contributed by atoms with van der Waals surface area (Å²) in [5.41, 5.74) is 1.33. The average Bonchev–Trinajstić information content (AvgIpc) is 2.15. The summed E-state index contributed by atoms with van der Waals surface area (Å²) in [4.78, 5) is 13.0. The molecule has 0 saturated heterocycles. The number of aldehydes is 1. The molecule has 0 aromatic carbocycles. The number of hydrogen-bond acceptors (Lipinski definition) is 2. The topological polar surface area (TPSA) is 20.3 Å². The first kappa shape index (κ1) is 11.2. The van der Waals surface area contributed by atoms with Crippen LogP contribution in [-0.2, 0) is 4.79 Å². The average molecular weight is 193 g/mol. The molecule has 0 saturated carbocycles. The minimum absolute atomic E-state index is 0.0833. The highest BCUT2D eigenvalue weighted by Gasteiger charge is 2.21. The molecule has 0 spiro atoms. The molecule has 0 N–H and O–H groups in total. The Morgan fingerprint density at radius 1 is 1.50 bits per heavy atom. The highest BCUT2D eigenvalue weighted by atomic mass is 16.1. The maximum atomic E-state index is 10.9. The minimum Gasteiger partial charge on any atom is -0.309 e. The van der Waals surface area contributed by atoms with Gasteiger partial charge in [-0.05, 0) is 39.9 Å². The van der Waals surface area contributed by atoms with E-state index in [2.05, 4.69) is 32.0 Å². The van der Waals surface area contributed by atoms with E-state index < -0.39 is 0 Å². The lowest BCUT2D eigenvalue weighted by atomic mass is 9.81. The van der Waals surface area contributed by atoms with Crippen LogP contribution in [0.2, 0.25) is 0 Å². The zero-order chi connectivity index (χ0) is 10.6. The van der Waals surface area contributed by atoms with Crippen LogP contribution in [0.1, 0.15) is 13.3 Å². The molecule has 78 valence electrons. The fraction of sp³-hybridized carbons (Fsp3) is 0.583. The molecule has 0 aliphatic heterocycles. The molecule has 2 nitrogen and oxygen atoms in total. The second kappa shape index (κ2) is 5.11. The Bertz CT molecular complexity index is 253. The number of nitrogens with zero attached hydrogens (tertiary/aromatic N) is 1. The van der Waals surface area contributed by atoms with Crippen molar-refractivity contribution in [3.63, 3.8) is 0 Å². The van der Waals surface area contributed by atoms with E-state index in [4.69, 9.17) is 0 Å². The van der Waals surface area contributed by atoms with Gasteiger partial charge >= 0.3 is 0 Å². The first-order valence-electron chi connectivity index (χ1n) is 5.10. The molecule has 2 atom stereocenters. The van der Waals surface area contributed by atoms with Gasteiger partial charge in [-0.15, -0.1) is 0 Å². The van der Waals surface area contributed by atoms with Gasteiger partial charge in [-0.2, -0.15) is 0 Å². The highest BCUT2D eigenvalue weighted by molar-refractivity contribution is 5.59. The van der Waals surface area contributed by atoms with Gasteiger partial charge in [0.05, 0.1) is 0 Å². The monoisotopic (exact) mass is 193 g/mol. The number of allylic oxidation sites excluding steroid dienone is 4. The van der Waals surface area contributed by atoms with Gasteiger partial charge in [0.1, 0.15) is 6.29 Å². The van der Waals surface area contributed by atoms with Gasteiger partial charge in [0.15, 0.2) is 0 Å². The van der Waals surface area contributed by atoms with Crippen LogP contribution in [0.5, 0.6) is 0 Å². The van der Waals surface area contributed by atoms with Gasteiger partial charge < -0.3 is 9.69 Å². The van der Waals surface area contributed by atoms with Crippen molar-refractivity contribution in [1.82, 2.24) is 4.90 Å². The predicted molar refractivity (Wildman–Crippen MR) is 59.1 cm³/mol. The molecule has 1 aliphatic rings. The van der Waals surface area contributed by atoms with Crippen molar-refractivity contribution in [2.75, 3.05) is 20.6 Å². The normalized spacial score (nSPS) is 26.4. The van der Waals surface area contributed by atoms with Gasteiger partial charge in [-0.1, -0.05) is 23.8 Å². The summed E-state index contributed by atoms with van der Waals surface area (Å²) in [6.45, 7) is 3.15. The molecule has 14 heavy (non-hydrogen) atoms. The third-order valence-corrected chi connectivity index (χ3v) is 2.79. The second-order valence-corrected chi connectivity index (χ2v) is 4.21. The Morgan fingerprint density at radius 3 is 2.79 bits per heavy atom. The second-order valence-electron chi connectivity index (χ2n) is 4.21. The molecule has 0 fully saturated rings. The summed E-state index contributed by atoms with van der Waals surface area (Å²) in [5, 5.41) is 0. The van der Waals surface area contributed by atoms with Crippen LogP contribution in [0.25, 0.3) is 0 Å². The van der Waals surface area contributed by atoms with E-state index in [1.54, 1.807) is 0 Å². The molecule has 0 heterocycles. The lowest BCUT2D eigenvalue weighted by Crippen LogP contribution is -2.23. The molecule has 2 heteroatoms. The zero-order valence-corrected chi connectivity index (χ0v) is 9.23. The van der Waals surface area contributed by atoms with Crippen LogP contribution in [0.15, 0.2) is 23.8 Å². The van der Waals surface area contributed by atoms with Crippen LogP contribution >= 0.6 is 0 Å². The number of carbonyl (C=O) groups excluding carboxylic acids is 1. The Kier molecular flexibility index (Phi) is 4.08. The Morgan fingerprint density at radius 2 is 2.21 bits per heavy atom.